The summed E-state index contributed by atoms with van der Waals surface area (Å²) in [5, 5.41) is 8.95. The first kappa shape index (κ1) is 71.0. The van der Waals surface area contributed by atoms with E-state index in [0.717, 1.165) is 76.9 Å². The summed E-state index contributed by atoms with van der Waals surface area (Å²) in [7, 11) is -1.79. The molecule has 92 heavy (non-hydrogen) atoms. The smallest absolute Gasteiger partial charge is 0.497 e. The highest BCUT2D eigenvalue weighted by Crippen LogP contribution is 2.38. The van der Waals surface area contributed by atoms with Crippen LogP contribution in [-0.2, 0) is 37.3 Å². The van der Waals surface area contributed by atoms with Crippen LogP contribution in [-0.4, -0.2) is 70.1 Å². The van der Waals surface area contributed by atoms with Crippen LogP contribution in [0.25, 0.3) is 0 Å². The minimum atomic E-state index is -2.41. The summed E-state index contributed by atoms with van der Waals surface area (Å²) >= 11 is 0. The van der Waals surface area contributed by atoms with Crippen molar-refractivity contribution >= 4 is 43.7 Å². The third-order valence-corrected chi connectivity index (χ3v) is 28.0. The first-order chi connectivity index (χ1) is 43.5. The number of aryl methyl sites for hydroxylation is 2. The van der Waals surface area contributed by atoms with Gasteiger partial charge in [0, 0.05) is 16.2 Å². The summed E-state index contributed by atoms with van der Waals surface area (Å²) in [6.45, 7) is 26.3. The quantitative estimate of drug-likeness (QED) is 0.0309. The van der Waals surface area contributed by atoms with Gasteiger partial charge in [-0.05, 0) is 194 Å². The van der Waals surface area contributed by atoms with Gasteiger partial charge in [-0.25, -0.2) is 14.4 Å². The van der Waals surface area contributed by atoms with E-state index in [1.54, 1.807) is 62.8 Å². The second kappa shape index (κ2) is 31.2. The molecule has 0 radical (unpaired) electrons. The van der Waals surface area contributed by atoms with E-state index in [4.69, 9.17) is 51.2 Å². The molecule has 0 aliphatic rings. The van der Waals surface area contributed by atoms with Gasteiger partial charge >= 0.3 is 27.0 Å². The molecule has 0 heterocycles. The van der Waals surface area contributed by atoms with Crippen LogP contribution in [0.15, 0.2) is 194 Å². The highest BCUT2D eigenvalue weighted by Gasteiger charge is 2.39. The van der Waals surface area contributed by atoms with Crippen LogP contribution in [0.4, 0.5) is 14.4 Å². The van der Waals surface area contributed by atoms with Gasteiger partial charge in [0.15, 0.2) is 39.6 Å². The third kappa shape index (κ3) is 20.3. The van der Waals surface area contributed by atoms with E-state index in [1.807, 2.05) is 109 Å². The Labute approximate surface area is 547 Å². The molecule has 0 unspecified atom stereocenters. The van der Waals surface area contributed by atoms with Gasteiger partial charge in [-0.15, -0.1) is 0 Å². The number of rotatable bonds is 26. The van der Waals surface area contributed by atoms with Gasteiger partial charge in [-0.1, -0.05) is 163 Å². The fourth-order valence-corrected chi connectivity index (χ4v) is 25.4. The Morgan fingerprint density at radius 1 is 0.359 bits per heavy atom. The molecular formula is C75H90O14Si3. The Bertz CT molecular complexity index is 3680. The summed E-state index contributed by atoms with van der Waals surface area (Å²) in [4.78, 5) is 36.1. The van der Waals surface area contributed by atoms with Crippen molar-refractivity contribution in [1.82, 2.24) is 0 Å². The number of benzene rings is 8. The van der Waals surface area contributed by atoms with Crippen molar-refractivity contribution in [2.24, 2.45) is 0 Å². The second-order valence-electron chi connectivity index (χ2n) is 26.0. The molecule has 0 aliphatic heterocycles. The molecule has 1 N–H and O–H groups in total. The molecular weight excluding hydrogens is 1210 g/mol. The molecule has 14 nitrogen and oxygen atoms in total. The largest absolute Gasteiger partial charge is 0.519 e. The molecule has 0 aliphatic carbocycles. The first-order valence-corrected chi connectivity index (χ1v) is 40.1. The van der Waals surface area contributed by atoms with Crippen molar-refractivity contribution in [2.75, 3.05) is 21.3 Å². The van der Waals surface area contributed by atoms with Crippen molar-refractivity contribution < 1.29 is 65.6 Å². The second-order valence-corrected chi connectivity index (χ2v) is 38.5. The van der Waals surface area contributed by atoms with E-state index in [1.165, 1.54) is 18.2 Å². The lowest BCUT2D eigenvalue weighted by atomic mass is 9.78. The number of carboxylic acid groups (broad SMARTS) is 1. The maximum absolute atomic E-state index is 12.8. The zero-order valence-electron chi connectivity index (χ0n) is 56.0. The number of carbonyl (C=O) groups excluding carboxylic acids is 2. The normalized spacial score (nSPS) is 11.9. The molecule has 0 amide bonds. The van der Waals surface area contributed by atoms with Gasteiger partial charge in [0.05, 0.1) is 21.3 Å². The minimum absolute atomic E-state index is 0.165. The highest BCUT2D eigenvalue weighted by molar-refractivity contribution is 6.87. The predicted octanol–water partition coefficient (Wildman–Crippen LogP) is 19.3. The maximum Gasteiger partial charge on any atom is 0.519 e. The maximum atomic E-state index is 12.8. The van der Waals surface area contributed by atoms with Crippen LogP contribution < -0.4 is 37.9 Å². The molecule has 0 aromatic heterocycles. The average Bonchev–Trinajstić information content (AvgIpc) is 0.888. The first-order valence-electron chi connectivity index (χ1n) is 31.0. The lowest BCUT2D eigenvalue weighted by Crippen LogP contribution is -2.52. The van der Waals surface area contributed by atoms with E-state index < -0.39 is 43.7 Å². The number of hydrogen-bond donors (Lipinski definition) is 1. The highest BCUT2D eigenvalue weighted by atomic mass is 28.5. The Balaban J connectivity index is 0.000000286. The molecule has 486 valence electrons. The zero-order chi connectivity index (χ0) is 66.9. The summed E-state index contributed by atoms with van der Waals surface area (Å²) in [5.41, 5.74) is 8.45. The summed E-state index contributed by atoms with van der Waals surface area (Å²) in [6, 6.07) is 64.0. The Hall–Kier alpha value is -8.46. The molecule has 17 heteroatoms. The van der Waals surface area contributed by atoms with Crippen molar-refractivity contribution in [3.8, 4) is 46.0 Å². The molecule has 8 rings (SSSR count). The van der Waals surface area contributed by atoms with E-state index >= 15 is 0 Å². The van der Waals surface area contributed by atoms with Crippen LogP contribution in [0.1, 0.15) is 98.9 Å². The van der Waals surface area contributed by atoms with Gasteiger partial charge in [0.25, 0.3) is 0 Å². The Morgan fingerprint density at radius 3 is 0.978 bits per heavy atom. The van der Waals surface area contributed by atoms with Gasteiger partial charge in [0.1, 0.15) is 23.0 Å². The topological polar surface area (TPSA) is 164 Å². The van der Waals surface area contributed by atoms with E-state index in [0.29, 0.717) is 34.5 Å². The third-order valence-electron chi connectivity index (χ3n) is 16.5. The van der Waals surface area contributed by atoms with E-state index in [9.17, 15) is 14.4 Å². The van der Waals surface area contributed by atoms with Crippen LogP contribution in [0.3, 0.4) is 0 Å². The zero-order valence-corrected chi connectivity index (χ0v) is 59.0. The van der Waals surface area contributed by atoms with Crippen molar-refractivity contribution in [3.63, 3.8) is 0 Å². The monoisotopic (exact) mass is 1300 g/mol. The molecule has 0 spiro atoms. The standard InChI is InChI=1S/C43H58O10Si3.C32H32O4/c1-43(2,34-18-12-11-13-19-34)35-22-24-36(25-23-35)49-42(46)51-38-27-21-33(31-40(38)48-4)17-15-29-55(7,8)53-56(9,10)52-54(5,6)28-14-16-32-20-26-37(50-41(44)45)39(30-32)47-3;1-31(2,23-9-7-6-8-10-23)25-13-19-28(20-14-25)35-30(33)36-29-21-15-26(16-22-29)32(3,4)24-11-17-27(34-5)18-12-24/h11-13,18-27,30-31H,14-17,28-29H2,1-10H3,(H,44,45);6-22H,1-5H3. The fourth-order valence-electron chi connectivity index (χ4n) is 11.3. The number of ether oxygens (including phenoxy) is 8. The van der Waals surface area contributed by atoms with Gasteiger partial charge in [-0.2, -0.15) is 0 Å². The SMILES string of the molecule is COc1cc(CCC[Si](C)(C)O[Si](C)(C)O[Si](C)(C)CCCc2ccc(OC(=O)Oc3ccc(C(C)(C)c4ccccc4)cc3)c(OC)c2)ccc1OC(=O)O.COc1ccc(C(C)(C)c2ccc(OC(=O)Oc3ccc(C(C)(C)c4ccccc4)cc3)cc2)cc1. The minimum Gasteiger partial charge on any atom is -0.497 e. The van der Waals surface area contributed by atoms with Crippen molar-refractivity contribution in [3.05, 3.63) is 239 Å². The van der Waals surface area contributed by atoms with Crippen LogP contribution >= 0.6 is 0 Å². The van der Waals surface area contributed by atoms with Crippen LogP contribution in [0, 0.1) is 0 Å². The van der Waals surface area contributed by atoms with E-state index in [2.05, 4.69) is 117 Å². The molecule has 0 saturated carbocycles. The fraction of sp³-hybridized carbons (Fsp3) is 0.320. The predicted molar refractivity (Wildman–Crippen MR) is 370 cm³/mol. The van der Waals surface area contributed by atoms with Gasteiger partial charge in [0.2, 0.25) is 0 Å². The average molecular weight is 1300 g/mol. The van der Waals surface area contributed by atoms with E-state index in [-0.39, 0.29) is 22.0 Å². The summed E-state index contributed by atoms with van der Waals surface area (Å²) in [6.07, 6.45) is 0.531. The number of methoxy groups -OCH3 is 3. The van der Waals surface area contributed by atoms with Crippen LogP contribution in [0.2, 0.25) is 51.4 Å². The van der Waals surface area contributed by atoms with Crippen molar-refractivity contribution in [2.45, 2.75) is 135 Å². The molecule has 0 saturated heterocycles. The number of hydrogen-bond acceptors (Lipinski definition) is 13. The summed E-state index contributed by atoms with van der Waals surface area (Å²) < 4.78 is 56.5. The number of carbonyl (C=O) groups is 3. The van der Waals surface area contributed by atoms with Gasteiger partial charge in [-0.3, -0.25) is 0 Å². The van der Waals surface area contributed by atoms with Crippen LogP contribution in [0.5, 0.6) is 46.0 Å². The molecule has 8 aromatic carbocycles. The lowest BCUT2D eigenvalue weighted by molar-refractivity contribution is 0.142. The molecule has 0 bridgehead atoms. The van der Waals surface area contributed by atoms with Crippen molar-refractivity contribution in [1.29, 1.82) is 0 Å². The molecule has 8 aromatic rings. The summed E-state index contributed by atoms with van der Waals surface area (Å²) in [5.74, 6) is 3.42. The molecule has 0 atom stereocenters. The Kier molecular flexibility index (Phi) is 24.1. The molecule has 0 fully saturated rings. The lowest BCUT2D eigenvalue weighted by Gasteiger charge is -2.39. The van der Waals surface area contributed by atoms with Gasteiger partial charge < -0.3 is 51.2 Å². The Morgan fingerprint density at radius 2 is 0.663 bits per heavy atom.